The zero-order chi connectivity index (χ0) is 17.6. The first-order valence-corrected chi connectivity index (χ1v) is 11.1. The zero-order valence-corrected chi connectivity index (χ0v) is 17.1. The van der Waals surface area contributed by atoms with Gasteiger partial charge in [0.25, 0.3) is 0 Å². The van der Waals surface area contributed by atoms with Crippen molar-refractivity contribution in [1.29, 1.82) is 0 Å². The number of unbranched alkanes of at least 4 members (excludes halogenated alkanes) is 17. The van der Waals surface area contributed by atoms with Crippen molar-refractivity contribution in [3.63, 3.8) is 0 Å². The average molecular weight is 342 g/mol. The molecule has 0 aliphatic heterocycles. The van der Waals surface area contributed by atoms with Crippen LogP contribution in [0.4, 0.5) is 0 Å². The Morgan fingerprint density at radius 1 is 0.458 bits per heavy atom. The third-order valence-electron chi connectivity index (χ3n) is 5.03. The molecule has 0 rings (SSSR count). The lowest BCUT2D eigenvalue weighted by atomic mass is 10.0. The molecule has 1 N–H and O–H groups in total. The molecular formula is C22H47NO. The second-order valence-corrected chi connectivity index (χ2v) is 7.46. The average Bonchev–Trinajstić information content (AvgIpc) is 2.60. The SMILES string of the molecule is CNCCCCCCCCCCCCCCCCCCCCOC. The molecule has 0 atom stereocenters. The highest BCUT2D eigenvalue weighted by molar-refractivity contribution is 4.51. The van der Waals surface area contributed by atoms with Crippen LogP contribution in [0.15, 0.2) is 0 Å². The minimum Gasteiger partial charge on any atom is -0.385 e. The van der Waals surface area contributed by atoms with Crippen LogP contribution in [0.5, 0.6) is 0 Å². The minimum atomic E-state index is 0.941. The van der Waals surface area contributed by atoms with Crippen LogP contribution in [0.3, 0.4) is 0 Å². The van der Waals surface area contributed by atoms with Crippen LogP contribution in [-0.4, -0.2) is 27.3 Å². The Morgan fingerprint density at radius 2 is 0.750 bits per heavy atom. The maximum Gasteiger partial charge on any atom is 0.0462 e. The Morgan fingerprint density at radius 3 is 1.04 bits per heavy atom. The maximum atomic E-state index is 5.08. The molecule has 0 aromatic heterocycles. The molecule has 0 spiro atoms. The molecule has 0 aromatic rings. The molecule has 146 valence electrons. The van der Waals surface area contributed by atoms with Crippen molar-refractivity contribution in [2.24, 2.45) is 0 Å². The summed E-state index contributed by atoms with van der Waals surface area (Å²) in [5.41, 5.74) is 0. The number of rotatable bonds is 21. The Hall–Kier alpha value is -0.0800. The van der Waals surface area contributed by atoms with Crippen molar-refractivity contribution < 1.29 is 4.74 Å². The lowest BCUT2D eigenvalue weighted by Gasteiger charge is -2.04. The predicted molar refractivity (Wildman–Crippen MR) is 109 cm³/mol. The smallest absolute Gasteiger partial charge is 0.0462 e. The first-order valence-electron chi connectivity index (χ1n) is 11.1. The fraction of sp³-hybridized carbons (Fsp3) is 1.00. The molecule has 0 saturated carbocycles. The van der Waals surface area contributed by atoms with Crippen LogP contribution in [0.25, 0.3) is 0 Å². The van der Waals surface area contributed by atoms with Gasteiger partial charge in [-0.15, -0.1) is 0 Å². The predicted octanol–water partition coefficient (Wildman–Crippen LogP) is 6.87. The van der Waals surface area contributed by atoms with Gasteiger partial charge >= 0.3 is 0 Å². The highest BCUT2D eigenvalue weighted by Gasteiger charge is 1.95. The van der Waals surface area contributed by atoms with E-state index in [1.807, 2.05) is 7.05 Å². The van der Waals surface area contributed by atoms with E-state index in [1.54, 1.807) is 7.11 Å². The van der Waals surface area contributed by atoms with E-state index in [0.717, 1.165) is 6.61 Å². The number of nitrogens with one attached hydrogen (secondary N) is 1. The van der Waals surface area contributed by atoms with Crippen molar-refractivity contribution in [3.05, 3.63) is 0 Å². The maximum absolute atomic E-state index is 5.08. The molecule has 0 amide bonds. The van der Waals surface area contributed by atoms with E-state index in [9.17, 15) is 0 Å². The molecule has 0 fully saturated rings. The van der Waals surface area contributed by atoms with E-state index in [2.05, 4.69) is 5.32 Å². The molecule has 24 heavy (non-hydrogen) atoms. The van der Waals surface area contributed by atoms with Crippen molar-refractivity contribution in [3.8, 4) is 0 Å². The lowest BCUT2D eigenvalue weighted by molar-refractivity contribution is 0.192. The van der Waals surface area contributed by atoms with Gasteiger partial charge in [-0.1, -0.05) is 103 Å². The molecule has 0 saturated heterocycles. The summed E-state index contributed by atoms with van der Waals surface area (Å²) in [6.07, 6.45) is 25.7. The third-order valence-corrected chi connectivity index (χ3v) is 5.03. The van der Waals surface area contributed by atoms with Crippen molar-refractivity contribution >= 4 is 0 Å². The fourth-order valence-corrected chi connectivity index (χ4v) is 3.38. The Balaban J connectivity index is 2.93. The summed E-state index contributed by atoms with van der Waals surface area (Å²) in [6.45, 7) is 2.13. The van der Waals surface area contributed by atoms with Crippen molar-refractivity contribution in [1.82, 2.24) is 5.32 Å². The molecule has 0 unspecified atom stereocenters. The van der Waals surface area contributed by atoms with Gasteiger partial charge in [0, 0.05) is 13.7 Å². The van der Waals surface area contributed by atoms with Gasteiger partial charge in [0.05, 0.1) is 0 Å². The molecule has 2 heteroatoms. The largest absolute Gasteiger partial charge is 0.385 e. The van der Waals surface area contributed by atoms with Gasteiger partial charge in [-0.25, -0.2) is 0 Å². The van der Waals surface area contributed by atoms with Crippen LogP contribution in [0, 0.1) is 0 Å². The Labute approximate surface area is 153 Å². The van der Waals surface area contributed by atoms with Crippen LogP contribution < -0.4 is 5.32 Å². The van der Waals surface area contributed by atoms with Crippen LogP contribution in [-0.2, 0) is 4.74 Å². The molecular weight excluding hydrogens is 294 g/mol. The standard InChI is InChI=1S/C22H47NO/c1-23-21-19-17-15-13-11-9-7-5-3-4-6-8-10-12-14-16-18-20-22-24-2/h23H,3-22H2,1-2H3. The van der Waals surface area contributed by atoms with E-state index in [4.69, 9.17) is 4.74 Å². The van der Waals surface area contributed by atoms with E-state index >= 15 is 0 Å². The third kappa shape index (κ3) is 21.9. The molecule has 0 aliphatic carbocycles. The quantitative estimate of drug-likeness (QED) is 0.230. The summed E-state index contributed by atoms with van der Waals surface area (Å²) < 4.78 is 5.08. The molecule has 0 radical (unpaired) electrons. The lowest BCUT2D eigenvalue weighted by Crippen LogP contribution is -2.06. The fourth-order valence-electron chi connectivity index (χ4n) is 3.38. The van der Waals surface area contributed by atoms with E-state index < -0.39 is 0 Å². The minimum absolute atomic E-state index is 0.941. The summed E-state index contributed by atoms with van der Waals surface area (Å²) in [5.74, 6) is 0. The number of hydrogen-bond acceptors (Lipinski definition) is 2. The highest BCUT2D eigenvalue weighted by atomic mass is 16.5. The van der Waals surface area contributed by atoms with Gasteiger partial charge in [-0.05, 0) is 26.4 Å². The first-order chi connectivity index (χ1) is 11.9. The van der Waals surface area contributed by atoms with E-state index in [1.165, 1.54) is 122 Å². The van der Waals surface area contributed by atoms with E-state index in [-0.39, 0.29) is 0 Å². The highest BCUT2D eigenvalue weighted by Crippen LogP contribution is 2.14. The van der Waals surface area contributed by atoms with Crippen LogP contribution in [0.2, 0.25) is 0 Å². The number of ether oxygens (including phenoxy) is 1. The first kappa shape index (κ1) is 23.9. The van der Waals surface area contributed by atoms with E-state index in [0.29, 0.717) is 0 Å². The van der Waals surface area contributed by atoms with Crippen molar-refractivity contribution in [2.45, 2.75) is 116 Å². The normalized spacial score (nSPS) is 11.2. The summed E-state index contributed by atoms with van der Waals surface area (Å²) >= 11 is 0. The van der Waals surface area contributed by atoms with Gasteiger partial charge in [0.2, 0.25) is 0 Å². The van der Waals surface area contributed by atoms with Crippen LogP contribution >= 0.6 is 0 Å². The van der Waals surface area contributed by atoms with Crippen LogP contribution in [0.1, 0.15) is 116 Å². The summed E-state index contributed by atoms with van der Waals surface area (Å²) in [5, 5.41) is 3.22. The molecule has 0 heterocycles. The molecule has 0 aliphatic rings. The second-order valence-electron chi connectivity index (χ2n) is 7.46. The Bertz CT molecular complexity index is 186. The second kappa shape index (κ2) is 22.9. The van der Waals surface area contributed by atoms with Gasteiger partial charge in [0.1, 0.15) is 0 Å². The monoisotopic (exact) mass is 341 g/mol. The summed E-state index contributed by atoms with van der Waals surface area (Å²) in [4.78, 5) is 0. The number of hydrogen-bond donors (Lipinski definition) is 1. The van der Waals surface area contributed by atoms with Gasteiger partial charge in [-0.2, -0.15) is 0 Å². The topological polar surface area (TPSA) is 21.3 Å². The molecule has 2 nitrogen and oxygen atoms in total. The summed E-state index contributed by atoms with van der Waals surface area (Å²) in [7, 11) is 3.85. The summed E-state index contributed by atoms with van der Waals surface area (Å²) in [6, 6.07) is 0. The molecule has 0 bridgehead atoms. The van der Waals surface area contributed by atoms with Gasteiger partial charge < -0.3 is 10.1 Å². The Kier molecular flexibility index (Phi) is 22.8. The molecule has 0 aromatic carbocycles. The zero-order valence-electron chi connectivity index (χ0n) is 17.1. The van der Waals surface area contributed by atoms with Gasteiger partial charge in [0.15, 0.2) is 0 Å². The number of methoxy groups -OCH3 is 1. The van der Waals surface area contributed by atoms with Gasteiger partial charge in [-0.3, -0.25) is 0 Å². The van der Waals surface area contributed by atoms with Crippen molar-refractivity contribution in [2.75, 3.05) is 27.3 Å².